The minimum absolute atomic E-state index is 0.0849. The number of hydrogen-bond donors (Lipinski definition) is 1. The Morgan fingerprint density at radius 1 is 1.22 bits per heavy atom. The van der Waals surface area contributed by atoms with Crippen molar-refractivity contribution in [3.8, 4) is 5.75 Å². The van der Waals surface area contributed by atoms with Crippen LogP contribution in [0.3, 0.4) is 0 Å². The normalized spacial score (nSPS) is 16.0. The molecule has 3 rings (SSSR count). The number of rotatable bonds is 5. The molecule has 0 aliphatic carbocycles. The molecule has 0 spiro atoms. The van der Waals surface area contributed by atoms with Crippen LogP contribution < -0.4 is 4.74 Å². The second-order valence-electron chi connectivity index (χ2n) is 6.63. The summed E-state index contributed by atoms with van der Waals surface area (Å²) < 4.78 is 4.97. The molecule has 0 radical (unpaired) electrons. The number of nitro groups is 1. The zero-order valence-corrected chi connectivity index (χ0v) is 15.1. The van der Waals surface area contributed by atoms with Gasteiger partial charge in [0, 0.05) is 24.7 Å². The van der Waals surface area contributed by atoms with Crippen LogP contribution in [-0.2, 0) is 0 Å². The first-order valence-electron chi connectivity index (χ1n) is 8.86. The molecule has 142 valence electrons. The first-order valence-corrected chi connectivity index (χ1v) is 8.86. The van der Waals surface area contributed by atoms with E-state index in [0.717, 1.165) is 5.56 Å². The maximum absolute atomic E-state index is 12.7. The van der Waals surface area contributed by atoms with E-state index in [0.29, 0.717) is 25.9 Å². The van der Waals surface area contributed by atoms with Gasteiger partial charge in [-0.1, -0.05) is 30.3 Å². The lowest BCUT2D eigenvalue weighted by atomic mass is 9.87. The predicted molar refractivity (Wildman–Crippen MR) is 99.7 cm³/mol. The lowest BCUT2D eigenvalue weighted by Gasteiger charge is -2.34. The van der Waals surface area contributed by atoms with Gasteiger partial charge in [0.25, 0.3) is 5.91 Å². The van der Waals surface area contributed by atoms with E-state index in [1.807, 2.05) is 30.3 Å². The number of benzene rings is 2. The number of aliphatic hydroxyl groups excluding tert-OH is 1. The molecule has 0 aromatic heterocycles. The molecule has 7 nitrogen and oxygen atoms in total. The Balaban J connectivity index is 1.67. The van der Waals surface area contributed by atoms with E-state index in [4.69, 9.17) is 4.74 Å². The van der Waals surface area contributed by atoms with Gasteiger partial charge in [0.05, 0.1) is 18.1 Å². The molecule has 1 aliphatic heterocycles. The van der Waals surface area contributed by atoms with Crippen LogP contribution in [0.4, 0.5) is 5.69 Å². The van der Waals surface area contributed by atoms with E-state index < -0.39 is 11.0 Å². The summed E-state index contributed by atoms with van der Waals surface area (Å²) in [7, 11) is 1.35. The third-order valence-corrected chi connectivity index (χ3v) is 5.04. The summed E-state index contributed by atoms with van der Waals surface area (Å²) in [6, 6.07) is 13.7. The summed E-state index contributed by atoms with van der Waals surface area (Å²) in [5.74, 6) is -0.0312. The van der Waals surface area contributed by atoms with Crippen molar-refractivity contribution in [1.82, 2.24) is 4.90 Å². The molecule has 1 amide bonds. The summed E-state index contributed by atoms with van der Waals surface area (Å²) in [5, 5.41) is 21.7. The fourth-order valence-corrected chi connectivity index (χ4v) is 3.49. The van der Waals surface area contributed by atoms with Gasteiger partial charge in [-0.2, -0.15) is 0 Å². The molecule has 1 atom stereocenters. The maximum Gasteiger partial charge on any atom is 0.311 e. The van der Waals surface area contributed by atoms with Crippen LogP contribution in [0, 0.1) is 16.0 Å². The first kappa shape index (κ1) is 18.8. The van der Waals surface area contributed by atoms with E-state index >= 15 is 0 Å². The van der Waals surface area contributed by atoms with Gasteiger partial charge in [0.15, 0.2) is 5.75 Å². The average Bonchev–Trinajstić information content (AvgIpc) is 2.73. The van der Waals surface area contributed by atoms with E-state index in [-0.39, 0.29) is 28.8 Å². The monoisotopic (exact) mass is 370 g/mol. The van der Waals surface area contributed by atoms with E-state index in [1.165, 1.54) is 19.2 Å². The fourth-order valence-electron chi connectivity index (χ4n) is 3.49. The molecule has 0 bridgehead atoms. The maximum atomic E-state index is 12.7. The lowest BCUT2D eigenvalue weighted by molar-refractivity contribution is -0.385. The highest BCUT2D eigenvalue weighted by atomic mass is 16.6. The number of aliphatic hydroxyl groups is 1. The van der Waals surface area contributed by atoms with E-state index in [2.05, 4.69) is 0 Å². The minimum Gasteiger partial charge on any atom is -0.490 e. The molecule has 1 N–H and O–H groups in total. The Morgan fingerprint density at radius 2 is 1.89 bits per heavy atom. The molecule has 1 heterocycles. The molecular weight excluding hydrogens is 348 g/mol. The SMILES string of the molecule is COc1ccc(C(=O)N2CCC(C(O)c3ccccc3)CC2)cc1[N+](=O)[O-]. The zero-order valence-electron chi connectivity index (χ0n) is 15.1. The number of nitro benzene ring substituents is 1. The number of nitrogens with zero attached hydrogens (tertiary/aromatic N) is 2. The smallest absolute Gasteiger partial charge is 0.311 e. The Kier molecular flexibility index (Phi) is 5.71. The Hall–Kier alpha value is -2.93. The molecule has 1 saturated heterocycles. The fraction of sp³-hybridized carbons (Fsp3) is 0.350. The number of amides is 1. The highest BCUT2D eigenvalue weighted by Gasteiger charge is 2.29. The number of methoxy groups -OCH3 is 1. The van der Waals surface area contributed by atoms with Crippen molar-refractivity contribution in [1.29, 1.82) is 0 Å². The summed E-state index contributed by atoms with van der Waals surface area (Å²) in [6.45, 7) is 1.01. The molecular formula is C20H22N2O5. The molecule has 7 heteroatoms. The predicted octanol–water partition coefficient (Wildman–Crippen LogP) is 3.19. The van der Waals surface area contributed by atoms with Crippen LogP contribution in [0.5, 0.6) is 5.75 Å². The average molecular weight is 370 g/mol. The summed E-state index contributed by atoms with van der Waals surface area (Å²) in [6.07, 6.45) is 0.811. The third-order valence-electron chi connectivity index (χ3n) is 5.04. The number of ether oxygens (including phenoxy) is 1. The van der Waals surface area contributed by atoms with Crippen LogP contribution in [0.1, 0.15) is 34.9 Å². The van der Waals surface area contributed by atoms with Crippen molar-refractivity contribution < 1.29 is 19.6 Å². The van der Waals surface area contributed by atoms with Crippen molar-refractivity contribution in [3.63, 3.8) is 0 Å². The van der Waals surface area contributed by atoms with Gasteiger partial charge in [-0.15, -0.1) is 0 Å². The Bertz CT molecular complexity index is 816. The van der Waals surface area contributed by atoms with E-state index in [1.54, 1.807) is 11.0 Å². The van der Waals surface area contributed by atoms with Crippen LogP contribution in [0.2, 0.25) is 0 Å². The number of hydrogen-bond acceptors (Lipinski definition) is 5. The second-order valence-corrected chi connectivity index (χ2v) is 6.63. The highest BCUT2D eigenvalue weighted by Crippen LogP contribution is 2.32. The molecule has 1 fully saturated rings. The number of piperidine rings is 1. The van der Waals surface area contributed by atoms with Crippen LogP contribution in [0.15, 0.2) is 48.5 Å². The van der Waals surface area contributed by atoms with Crippen molar-refractivity contribution in [3.05, 3.63) is 69.8 Å². The standard InChI is InChI=1S/C20H22N2O5/c1-27-18-8-7-16(13-17(18)22(25)26)20(24)21-11-9-15(10-12-21)19(23)14-5-3-2-4-6-14/h2-8,13,15,19,23H,9-12H2,1H3. The quantitative estimate of drug-likeness (QED) is 0.644. The van der Waals surface area contributed by atoms with Gasteiger partial charge < -0.3 is 14.7 Å². The van der Waals surface area contributed by atoms with Crippen molar-refractivity contribution in [2.45, 2.75) is 18.9 Å². The van der Waals surface area contributed by atoms with Crippen molar-refractivity contribution in [2.75, 3.05) is 20.2 Å². The molecule has 2 aromatic rings. The Labute approximate surface area is 157 Å². The van der Waals surface area contributed by atoms with Crippen molar-refractivity contribution >= 4 is 11.6 Å². The molecule has 1 unspecified atom stereocenters. The number of likely N-dealkylation sites (tertiary alicyclic amines) is 1. The lowest BCUT2D eigenvalue weighted by Crippen LogP contribution is -2.39. The van der Waals surface area contributed by atoms with Gasteiger partial charge in [-0.05, 0) is 36.5 Å². The largest absolute Gasteiger partial charge is 0.490 e. The van der Waals surface area contributed by atoms with Gasteiger partial charge >= 0.3 is 5.69 Å². The number of carbonyl (C=O) groups excluding carboxylic acids is 1. The number of carbonyl (C=O) groups is 1. The topological polar surface area (TPSA) is 92.9 Å². The van der Waals surface area contributed by atoms with Gasteiger partial charge in [0.2, 0.25) is 0 Å². The van der Waals surface area contributed by atoms with E-state index in [9.17, 15) is 20.0 Å². The van der Waals surface area contributed by atoms with Crippen LogP contribution in [-0.4, -0.2) is 41.0 Å². The summed E-state index contributed by atoms with van der Waals surface area (Å²) >= 11 is 0. The third kappa shape index (κ3) is 4.09. The zero-order chi connectivity index (χ0) is 19.4. The Morgan fingerprint density at radius 3 is 2.48 bits per heavy atom. The minimum atomic E-state index is -0.557. The van der Waals surface area contributed by atoms with Crippen LogP contribution in [0.25, 0.3) is 0 Å². The van der Waals surface area contributed by atoms with Crippen LogP contribution >= 0.6 is 0 Å². The summed E-state index contributed by atoms with van der Waals surface area (Å²) in [5.41, 5.74) is 0.926. The molecule has 1 aliphatic rings. The molecule has 2 aromatic carbocycles. The van der Waals surface area contributed by atoms with Gasteiger partial charge in [-0.3, -0.25) is 14.9 Å². The van der Waals surface area contributed by atoms with Crippen molar-refractivity contribution in [2.24, 2.45) is 5.92 Å². The summed E-state index contributed by atoms with van der Waals surface area (Å²) in [4.78, 5) is 25.0. The van der Waals surface area contributed by atoms with Gasteiger partial charge in [0.1, 0.15) is 0 Å². The van der Waals surface area contributed by atoms with Gasteiger partial charge in [-0.25, -0.2) is 0 Å². The second kappa shape index (κ2) is 8.18. The highest BCUT2D eigenvalue weighted by molar-refractivity contribution is 5.95. The molecule has 27 heavy (non-hydrogen) atoms. The first-order chi connectivity index (χ1) is 13.0. The molecule has 0 saturated carbocycles.